The molecule has 1 aromatic carbocycles. The smallest absolute Gasteiger partial charge is 0.299 e. The van der Waals surface area contributed by atoms with Gasteiger partial charge >= 0.3 is 6.18 Å². The quantitative estimate of drug-likeness (QED) is 0.307. The Labute approximate surface area is 158 Å². The first-order chi connectivity index (χ1) is 12.5. The van der Waals surface area contributed by atoms with Gasteiger partial charge in [0.15, 0.2) is 0 Å². The Bertz CT molecular complexity index is 457. The summed E-state index contributed by atoms with van der Waals surface area (Å²) in [6.45, 7) is 6.99. The zero-order valence-corrected chi connectivity index (χ0v) is 16.6. The van der Waals surface area contributed by atoms with E-state index >= 15 is 0 Å². The van der Waals surface area contributed by atoms with Crippen LogP contribution in [0, 0.1) is 0 Å². The molecule has 150 valence electrons. The summed E-state index contributed by atoms with van der Waals surface area (Å²) in [6.07, 6.45) is 7.93. The third-order valence-electron chi connectivity index (χ3n) is 4.82. The fourth-order valence-electron chi connectivity index (χ4n) is 3.25. The van der Waals surface area contributed by atoms with Crippen molar-refractivity contribution in [2.24, 2.45) is 0 Å². The van der Waals surface area contributed by atoms with E-state index in [1.165, 1.54) is 63.5 Å². The fourth-order valence-corrected chi connectivity index (χ4v) is 3.25. The lowest BCUT2D eigenvalue weighted by atomic mass is 10.1. The molecule has 0 unspecified atom stereocenters. The van der Waals surface area contributed by atoms with E-state index in [-0.39, 0.29) is 0 Å². The Balaban J connectivity index is 2.56. The summed E-state index contributed by atoms with van der Waals surface area (Å²) in [5.74, 6) is 0. The standard InChI is InChI=1S/C22H36F3N/c1-3-5-7-9-11-16-26(17-12-10-8-6-4-2)19-20-14-13-15-21(18-20)22(23,24)25/h13-15,18H,3-12,16-17,19H2,1-2H3. The molecule has 1 rings (SSSR count). The Kier molecular flexibility index (Phi) is 11.7. The molecule has 0 amide bonds. The number of halogens is 3. The molecule has 0 heterocycles. The molecular weight excluding hydrogens is 335 g/mol. The lowest BCUT2D eigenvalue weighted by molar-refractivity contribution is -0.137. The van der Waals surface area contributed by atoms with Crippen molar-refractivity contribution in [2.45, 2.75) is 90.8 Å². The minimum absolute atomic E-state index is 0.541. The molecule has 1 aromatic rings. The van der Waals surface area contributed by atoms with E-state index in [0.29, 0.717) is 6.54 Å². The maximum atomic E-state index is 12.9. The topological polar surface area (TPSA) is 3.24 Å². The normalized spacial score (nSPS) is 12.1. The highest BCUT2D eigenvalue weighted by atomic mass is 19.4. The molecule has 0 fully saturated rings. The van der Waals surface area contributed by atoms with Crippen LogP contribution in [-0.2, 0) is 12.7 Å². The van der Waals surface area contributed by atoms with Gasteiger partial charge in [0.1, 0.15) is 0 Å². The molecule has 0 N–H and O–H groups in total. The van der Waals surface area contributed by atoms with Gasteiger partial charge in [-0.2, -0.15) is 13.2 Å². The van der Waals surface area contributed by atoms with Crippen LogP contribution in [0.3, 0.4) is 0 Å². The lowest BCUT2D eigenvalue weighted by Crippen LogP contribution is -2.26. The number of hydrogen-bond donors (Lipinski definition) is 0. The summed E-state index contributed by atoms with van der Waals surface area (Å²) < 4.78 is 38.8. The summed E-state index contributed by atoms with van der Waals surface area (Å²) in [5.41, 5.74) is 0.225. The predicted octanol–water partition coefficient (Wildman–Crippen LogP) is 7.45. The van der Waals surface area contributed by atoms with Crippen molar-refractivity contribution in [1.82, 2.24) is 4.90 Å². The highest BCUT2D eigenvalue weighted by Crippen LogP contribution is 2.29. The van der Waals surface area contributed by atoms with E-state index in [1.807, 2.05) is 6.07 Å². The Hall–Kier alpha value is -1.03. The number of hydrogen-bond acceptors (Lipinski definition) is 1. The Morgan fingerprint density at radius 1 is 0.769 bits per heavy atom. The first-order valence-electron chi connectivity index (χ1n) is 10.4. The zero-order chi connectivity index (χ0) is 19.3. The average Bonchev–Trinajstić information content (AvgIpc) is 2.60. The SMILES string of the molecule is CCCCCCCN(CCCCCCC)Cc1cccc(C(F)(F)F)c1. The zero-order valence-electron chi connectivity index (χ0n) is 16.6. The van der Waals surface area contributed by atoms with E-state index < -0.39 is 11.7 Å². The van der Waals surface area contributed by atoms with Crippen molar-refractivity contribution < 1.29 is 13.2 Å². The van der Waals surface area contributed by atoms with Gasteiger partial charge in [-0.05, 0) is 37.6 Å². The van der Waals surface area contributed by atoms with Crippen molar-refractivity contribution in [2.75, 3.05) is 13.1 Å². The van der Waals surface area contributed by atoms with Gasteiger partial charge in [0, 0.05) is 6.54 Å². The van der Waals surface area contributed by atoms with E-state index in [2.05, 4.69) is 18.7 Å². The van der Waals surface area contributed by atoms with Crippen LogP contribution in [0.5, 0.6) is 0 Å². The first kappa shape index (κ1) is 23.0. The summed E-state index contributed by atoms with van der Waals surface area (Å²) in [6, 6.07) is 5.81. The van der Waals surface area contributed by atoms with Crippen LogP contribution in [0.4, 0.5) is 13.2 Å². The highest BCUT2D eigenvalue weighted by molar-refractivity contribution is 5.25. The van der Waals surface area contributed by atoms with Gasteiger partial charge in [-0.3, -0.25) is 4.90 Å². The molecule has 0 aliphatic rings. The van der Waals surface area contributed by atoms with Gasteiger partial charge < -0.3 is 0 Å². The Morgan fingerprint density at radius 2 is 1.31 bits per heavy atom. The second kappa shape index (κ2) is 13.2. The monoisotopic (exact) mass is 371 g/mol. The molecule has 26 heavy (non-hydrogen) atoms. The second-order valence-electron chi connectivity index (χ2n) is 7.30. The summed E-state index contributed by atoms with van der Waals surface area (Å²) in [4.78, 5) is 2.34. The van der Waals surface area contributed by atoms with Gasteiger partial charge in [-0.1, -0.05) is 83.4 Å². The van der Waals surface area contributed by atoms with Crippen LogP contribution in [-0.4, -0.2) is 18.0 Å². The minimum atomic E-state index is -4.26. The molecule has 0 aliphatic carbocycles. The molecule has 0 bridgehead atoms. The minimum Gasteiger partial charge on any atom is -0.299 e. The number of alkyl halides is 3. The van der Waals surface area contributed by atoms with Crippen molar-refractivity contribution >= 4 is 0 Å². The van der Waals surface area contributed by atoms with Gasteiger partial charge in [0.25, 0.3) is 0 Å². The molecule has 0 saturated carbocycles. The maximum Gasteiger partial charge on any atom is 0.416 e. The third kappa shape index (κ3) is 10.2. The van der Waals surface area contributed by atoms with Crippen molar-refractivity contribution in [1.29, 1.82) is 0 Å². The van der Waals surface area contributed by atoms with Crippen molar-refractivity contribution in [3.63, 3.8) is 0 Å². The molecule has 0 aromatic heterocycles. The molecular formula is C22H36F3N. The van der Waals surface area contributed by atoms with Crippen LogP contribution in [0.2, 0.25) is 0 Å². The number of benzene rings is 1. The van der Waals surface area contributed by atoms with Crippen molar-refractivity contribution in [3.05, 3.63) is 35.4 Å². The summed E-state index contributed by atoms with van der Waals surface area (Å²) in [7, 11) is 0. The van der Waals surface area contributed by atoms with E-state index in [1.54, 1.807) is 0 Å². The molecule has 0 saturated heterocycles. The van der Waals surface area contributed by atoms with Crippen LogP contribution in [0.15, 0.2) is 24.3 Å². The number of nitrogens with zero attached hydrogens (tertiary/aromatic N) is 1. The van der Waals surface area contributed by atoms with Gasteiger partial charge in [0.2, 0.25) is 0 Å². The Morgan fingerprint density at radius 3 is 1.81 bits per heavy atom. The second-order valence-corrected chi connectivity index (χ2v) is 7.30. The van der Waals surface area contributed by atoms with Crippen LogP contribution in [0.25, 0.3) is 0 Å². The van der Waals surface area contributed by atoms with Crippen LogP contribution in [0.1, 0.15) is 89.2 Å². The molecule has 4 heteroatoms. The molecule has 1 nitrogen and oxygen atoms in total. The summed E-state index contributed by atoms with van der Waals surface area (Å²) in [5, 5.41) is 0. The number of rotatable bonds is 14. The fraction of sp³-hybridized carbons (Fsp3) is 0.727. The van der Waals surface area contributed by atoms with E-state index in [0.717, 1.165) is 37.6 Å². The third-order valence-corrected chi connectivity index (χ3v) is 4.82. The van der Waals surface area contributed by atoms with Crippen LogP contribution < -0.4 is 0 Å². The molecule has 0 spiro atoms. The molecule has 0 atom stereocenters. The van der Waals surface area contributed by atoms with E-state index in [4.69, 9.17) is 0 Å². The largest absolute Gasteiger partial charge is 0.416 e. The first-order valence-corrected chi connectivity index (χ1v) is 10.4. The molecule has 0 radical (unpaired) electrons. The van der Waals surface area contributed by atoms with Gasteiger partial charge in [-0.15, -0.1) is 0 Å². The van der Waals surface area contributed by atoms with Crippen molar-refractivity contribution in [3.8, 4) is 0 Å². The average molecular weight is 372 g/mol. The molecule has 0 aliphatic heterocycles. The van der Waals surface area contributed by atoms with E-state index in [9.17, 15) is 13.2 Å². The van der Waals surface area contributed by atoms with Gasteiger partial charge in [0.05, 0.1) is 5.56 Å². The predicted molar refractivity (Wildman–Crippen MR) is 104 cm³/mol. The lowest BCUT2D eigenvalue weighted by Gasteiger charge is -2.23. The van der Waals surface area contributed by atoms with Gasteiger partial charge in [-0.25, -0.2) is 0 Å². The number of unbranched alkanes of at least 4 members (excludes halogenated alkanes) is 8. The van der Waals surface area contributed by atoms with Crippen LogP contribution >= 0.6 is 0 Å². The highest BCUT2D eigenvalue weighted by Gasteiger charge is 2.30. The summed E-state index contributed by atoms with van der Waals surface area (Å²) >= 11 is 0. The maximum absolute atomic E-state index is 12.9.